The minimum Gasteiger partial charge on any atom is -0.454 e. The van der Waals surface area contributed by atoms with Crippen LogP contribution in [0.25, 0.3) is 109 Å². The first-order valence-electron chi connectivity index (χ1n) is 20.1. The van der Waals surface area contributed by atoms with Gasteiger partial charge in [0, 0.05) is 49.2 Å². The van der Waals surface area contributed by atoms with Crippen molar-refractivity contribution in [2.45, 2.75) is 5.92 Å². The van der Waals surface area contributed by atoms with Crippen molar-refractivity contribution in [3.05, 3.63) is 193 Å². The lowest BCUT2D eigenvalue weighted by Crippen LogP contribution is -2.13. The molecule has 0 saturated carbocycles. The highest BCUT2D eigenvalue weighted by atomic mass is 32.1. The van der Waals surface area contributed by atoms with Crippen molar-refractivity contribution in [3.8, 4) is 39.5 Å². The summed E-state index contributed by atoms with van der Waals surface area (Å²) in [4.78, 5) is 10.6. The van der Waals surface area contributed by atoms with Gasteiger partial charge in [0.15, 0.2) is 11.4 Å². The summed E-state index contributed by atoms with van der Waals surface area (Å²) < 4.78 is 11.7. The molecule has 0 saturated heterocycles. The fourth-order valence-corrected chi connectivity index (χ4v) is 10.7. The van der Waals surface area contributed by atoms with Gasteiger partial charge >= 0.3 is 0 Å². The van der Waals surface area contributed by atoms with Crippen LogP contribution in [0.15, 0.2) is 186 Å². The van der Waals surface area contributed by atoms with Gasteiger partial charge < -0.3 is 8.98 Å². The maximum absolute atomic E-state index is 6.99. The first kappa shape index (κ1) is 32.7. The molecule has 276 valence electrons. The number of allylic oxidation sites excluding steroid dienone is 5. The zero-order valence-electron chi connectivity index (χ0n) is 31.7. The second-order valence-electron chi connectivity index (χ2n) is 15.7. The maximum Gasteiger partial charge on any atom is 0.160 e. The standard InChI is InChI=1S/C54H33N3OS/c1-2-11-32(12-3-1)33-21-23-35(24-22-33)50-53-51(42-17-8-9-20-48(42)59-53)56-54(55-50)38-25-27-40-41-18-10-19-45(52(41)58-47(40)31-38)57-44-28-26-34-13-6-7-16-39(34)49(44)43-29-36-14-4-5-15-37(36)30-46(43)57/h1-31,34,39H. The van der Waals surface area contributed by atoms with Gasteiger partial charge in [-0.2, -0.15) is 0 Å². The number of nitrogens with zero attached hydrogens (tertiary/aromatic N) is 3. The Balaban J connectivity index is 0.996. The van der Waals surface area contributed by atoms with E-state index in [2.05, 4.69) is 193 Å². The Labute approximate surface area is 343 Å². The van der Waals surface area contributed by atoms with E-state index in [9.17, 15) is 0 Å². The van der Waals surface area contributed by atoms with Crippen molar-refractivity contribution in [3.63, 3.8) is 0 Å². The normalized spacial score (nSPS) is 15.9. The first-order valence-corrected chi connectivity index (χ1v) is 21.0. The average Bonchev–Trinajstić information content (AvgIpc) is 3.97. The molecule has 0 N–H and O–H groups in total. The van der Waals surface area contributed by atoms with Gasteiger partial charge in [0.25, 0.3) is 0 Å². The summed E-state index contributed by atoms with van der Waals surface area (Å²) in [5, 5.41) is 7.04. The van der Waals surface area contributed by atoms with E-state index in [1.54, 1.807) is 11.3 Å². The van der Waals surface area contributed by atoms with Crippen LogP contribution in [0.4, 0.5) is 0 Å². The van der Waals surface area contributed by atoms with Crippen LogP contribution in [0.5, 0.6) is 0 Å². The fraction of sp³-hybridized carbons (Fsp3) is 0.0370. The summed E-state index contributed by atoms with van der Waals surface area (Å²) >= 11 is 1.75. The Kier molecular flexibility index (Phi) is 6.97. The van der Waals surface area contributed by atoms with Crippen LogP contribution in [0.3, 0.4) is 0 Å². The molecule has 4 heterocycles. The van der Waals surface area contributed by atoms with Gasteiger partial charge in [0.05, 0.1) is 32.8 Å². The summed E-state index contributed by atoms with van der Waals surface area (Å²) in [7, 11) is 0. The number of hydrogen-bond donors (Lipinski definition) is 0. The molecule has 7 aromatic carbocycles. The molecule has 11 aromatic rings. The molecule has 0 fully saturated rings. The third-order valence-electron chi connectivity index (χ3n) is 12.4. The van der Waals surface area contributed by atoms with Gasteiger partial charge in [-0.3, -0.25) is 0 Å². The fourth-order valence-electron chi connectivity index (χ4n) is 9.56. The lowest BCUT2D eigenvalue weighted by molar-refractivity contribution is 0.664. The number of rotatable bonds is 4. The molecule has 4 nitrogen and oxygen atoms in total. The third-order valence-corrected chi connectivity index (χ3v) is 13.5. The summed E-state index contributed by atoms with van der Waals surface area (Å²) in [6.07, 6.45) is 13.7. The molecule has 13 rings (SSSR count). The van der Waals surface area contributed by atoms with Gasteiger partial charge in [-0.15, -0.1) is 11.3 Å². The molecular weight excluding hydrogens is 739 g/mol. The van der Waals surface area contributed by atoms with Crippen LogP contribution in [0.1, 0.15) is 17.2 Å². The molecule has 59 heavy (non-hydrogen) atoms. The van der Waals surface area contributed by atoms with Crippen LogP contribution >= 0.6 is 11.3 Å². The van der Waals surface area contributed by atoms with Crippen molar-refractivity contribution in [2.75, 3.05) is 0 Å². The van der Waals surface area contributed by atoms with E-state index < -0.39 is 0 Å². The van der Waals surface area contributed by atoms with Crippen LogP contribution < -0.4 is 0 Å². The van der Waals surface area contributed by atoms with Crippen LogP contribution in [-0.4, -0.2) is 14.5 Å². The van der Waals surface area contributed by atoms with Gasteiger partial charge in [0.2, 0.25) is 0 Å². The summed E-state index contributed by atoms with van der Waals surface area (Å²) in [6.45, 7) is 0. The molecule has 2 aliphatic rings. The van der Waals surface area contributed by atoms with Gasteiger partial charge in [0.1, 0.15) is 5.58 Å². The Morgan fingerprint density at radius 1 is 0.559 bits per heavy atom. The SMILES string of the molecule is C1=CC2C=Cc3c(c4cc5ccccc5cc4n3-c3cccc4c3oc3cc(-c5nc(-c6ccc(-c7ccccc7)cc6)c6sc7ccccc7c6n5)ccc34)C2C=C1. The number of fused-ring (bicyclic) bond motifs is 12. The highest BCUT2D eigenvalue weighted by Crippen LogP contribution is 2.47. The van der Waals surface area contributed by atoms with E-state index in [1.807, 2.05) is 0 Å². The average molecular weight is 772 g/mol. The number of aromatic nitrogens is 3. The number of hydrogen-bond acceptors (Lipinski definition) is 4. The number of benzene rings is 7. The molecular formula is C54H33N3OS. The molecule has 0 spiro atoms. The maximum atomic E-state index is 6.99. The molecule has 0 bridgehead atoms. The van der Waals surface area contributed by atoms with Crippen LogP contribution in [-0.2, 0) is 0 Å². The predicted molar refractivity (Wildman–Crippen MR) is 246 cm³/mol. The summed E-state index contributed by atoms with van der Waals surface area (Å²) in [5.74, 6) is 1.28. The van der Waals surface area contributed by atoms with E-state index in [0.717, 1.165) is 60.0 Å². The molecule has 2 atom stereocenters. The van der Waals surface area contributed by atoms with Crippen molar-refractivity contribution in [2.24, 2.45) is 5.92 Å². The van der Waals surface area contributed by atoms with Gasteiger partial charge in [-0.25, -0.2) is 9.97 Å². The topological polar surface area (TPSA) is 43.9 Å². The summed E-state index contributed by atoms with van der Waals surface area (Å²) in [5.41, 5.74) is 12.7. The molecule has 4 aromatic heterocycles. The Morgan fingerprint density at radius 2 is 1.31 bits per heavy atom. The highest BCUT2D eigenvalue weighted by Gasteiger charge is 2.31. The Bertz CT molecular complexity index is 3620. The molecule has 2 aliphatic carbocycles. The van der Waals surface area contributed by atoms with Crippen molar-refractivity contribution in [1.82, 2.24) is 14.5 Å². The lowest BCUT2D eigenvalue weighted by Gasteiger charge is -2.26. The minimum absolute atomic E-state index is 0.270. The zero-order chi connectivity index (χ0) is 38.6. The monoisotopic (exact) mass is 771 g/mol. The van der Waals surface area contributed by atoms with Gasteiger partial charge in [-0.05, 0) is 69.9 Å². The van der Waals surface area contributed by atoms with E-state index in [0.29, 0.717) is 11.7 Å². The lowest BCUT2D eigenvalue weighted by atomic mass is 9.78. The van der Waals surface area contributed by atoms with Crippen LogP contribution in [0, 0.1) is 5.92 Å². The molecule has 5 heteroatoms. The molecule has 0 aliphatic heterocycles. The smallest absolute Gasteiger partial charge is 0.160 e. The van der Waals surface area contributed by atoms with Gasteiger partial charge in [-0.1, -0.05) is 146 Å². The quantitative estimate of drug-likeness (QED) is 0.179. The second-order valence-corrected chi connectivity index (χ2v) is 16.7. The highest BCUT2D eigenvalue weighted by molar-refractivity contribution is 7.26. The number of furan rings is 1. The van der Waals surface area contributed by atoms with Crippen molar-refractivity contribution >= 4 is 81.3 Å². The Morgan fingerprint density at radius 3 is 2.20 bits per heavy atom. The largest absolute Gasteiger partial charge is 0.454 e. The molecule has 2 unspecified atom stereocenters. The number of thiophene rings is 1. The van der Waals surface area contributed by atoms with Crippen molar-refractivity contribution in [1.29, 1.82) is 0 Å². The molecule has 0 radical (unpaired) electrons. The molecule has 0 amide bonds. The van der Waals surface area contributed by atoms with Crippen molar-refractivity contribution < 1.29 is 4.42 Å². The van der Waals surface area contributed by atoms with E-state index in [4.69, 9.17) is 14.4 Å². The Hall–Kier alpha value is -7.34. The van der Waals surface area contributed by atoms with Crippen LogP contribution in [0.2, 0.25) is 0 Å². The number of para-hydroxylation sites is 1. The summed E-state index contributed by atoms with van der Waals surface area (Å²) in [6, 6.07) is 54.2. The first-order chi connectivity index (χ1) is 29.2. The van der Waals surface area contributed by atoms with E-state index in [1.165, 1.54) is 48.8 Å². The van der Waals surface area contributed by atoms with E-state index in [-0.39, 0.29) is 5.92 Å². The minimum atomic E-state index is 0.270. The van der Waals surface area contributed by atoms with E-state index >= 15 is 0 Å². The second kappa shape index (κ2) is 12.6. The third kappa shape index (κ3) is 4.95. The zero-order valence-corrected chi connectivity index (χ0v) is 32.5. The predicted octanol–water partition coefficient (Wildman–Crippen LogP) is 14.7.